The van der Waals surface area contributed by atoms with Crippen LogP contribution in [0, 0.1) is 0 Å². The molecule has 0 spiro atoms. The Morgan fingerprint density at radius 3 is 2.65 bits per heavy atom. The first-order chi connectivity index (χ1) is 9.56. The number of thioether (sulfide) groups is 1. The summed E-state index contributed by atoms with van der Waals surface area (Å²) in [5.74, 6) is -2.98. The zero-order valence-electron chi connectivity index (χ0n) is 10.0. The van der Waals surface area contributed by atoms with Gasteiger partial charge in [-0.05, 0) is 24.3 Å². The second kappa shape index (κ2) is 6.67. The van der Waals surface area contributed by atoms with E-state index in [-0.39, 0.29) is 5.15 Å². The number of alkyl halides is 2. The lowest BCUT2D eigenvalue weighted by atomic mass is 10.2. The van der Waals surface area contributed by atoms with E-state index in [0.29, 0.717) is 27.9 Å². The van der Waals surface area contributed by atoms with Crippen molar-refractivity contribution in [1.29, 1.82) is 0 Å². The van der Waals surface area contributed by atoms with Gasteiger partial charge in [-0.25, -0.2) is 4.98 Å². The maximum absolute atomic E-state index is 12.4. The van der Waals surface area contributed by atoms with E-state index in [1.807, 2.05) is 0 Å². The van der Waals surface area contributed by atoms with Crippen molar-refractivity contribution in [2.75, 3.05) is 5.32 Å². The molecule has 2 rings (SSSR count). The SMILES string of the molecule is O=C(Nc1ccccc1SC(F)F)c1ccc(Cl)nc1. The van der Waals surface area contributed by atoms with Gasteiger partial charge >= 0.3 is 0 Å². The van der Waals surface area contributed by atoms with Crippen molar-refractivity contribution in [3.8, 4) is 0 Å². The number of hydrogen-bond acceptors (Lipinski definition) is 3. The lowest BCUT2D eigenvalue weighted by Gasteiger charge is -2.10. The number of para-hydroxylation sites is 1. The van der Waals surface area contributed by atoms with Gasteiger partial charge in [0, 0.05) is 11.1 Å². The van der Waals surface area contributed by atoms with Crippen molar-refractivity contribution in [2.24, 2.45) is 0 Å². The van der Waals surface area contributed by atoms with Gasteiger partial charge in [-0.1, -0.05) is 35.5 Å². The number of aromatic nitrogens is 1. The van der Waals surface area contributed by atoms with E-state index < -0.39 is 11.7 Å². The molecule has 0 aliphatic rings. The number of carbonyl (C=O) groups is 1. The van der Waals surface area contributed by atoms with Gasteiger partial charge in [0.2, 0.25) is 0 Å². The van der Waals surface area contributed by atoms with Crippen LogP contribution in [0.15, 0.2) is 47.5 Å². The molecular weight excluding hydrogens is 306 g/mol. The molecule has 3 nitrogen and oxygen atoms in total. The van der Waals surface area contributed by atoms with Crippen molar-refractivity contribution in [3.05, 3.63) is 53.3 Å². The molecule has 104 valence electrons. The van der Waals surface area contributed by atoms with Crippen LogP contribution in [0.5, 0.6) is 0 Å². The van der Waals surface area contributed by atoms with Gasteiger partial charge in [-0.3, -0.25) is 4.79 Å². The molecule has 0 bridgehead atoms. The number of rotatable bonds is 4. The van der Waals surface area contributed by atoms with Gasteiger partial charge in [0.25, 0.3) is 11.7 Å². The fourth-order valence-corrected chi connectivity index (χ4v) is 2.18. The summed E-state index contributed by atoms with van der Waals surface area (Å²) in [6.07, 6.45) is 1.32. The zero-order valence-corrected chi connectivity index (χ0v) is 11.6. The highest BCUT2D eigenvalue weighted by Crippen LogP contribution is 2.31. The number of benzene rings is 1. The summed E-state index contributed by atoms with van der Waals surface area (Å²) in [5, 5.41) is 2.85. The van der Waals surface area contributed by atoms with Crippen molar-refractivity contribution < 1.29 is 13.6 Å². The predicted octanol–water partition coefficient (Wildman–Crippen LogP) is 4.30. The fraction of sp³-hybridized carbons (Fsp3) is 0.0769. The Balaban J connectivity index is 2.17. The van der Waals surface area contributed by atoms with Crippen molar-refractivity contribution in [3.63, 3.8) is 0 Å². The van der Waals surface area contributed by atoms with Gasteiger partial charge in [0.05, 0.1) is 11.3 Å². The molecule has 1 N–H and O–H groups in total. The van der Waals surface area contributed by atoms with Crippen LogP contribution >= 0.6 is 23.4 Å². The summed E-state index contributed by atoms with van der Waals surface area (Å²) >= 11 is 6.01. The Hall–Kier alpha value is -1.66. The molecular formula is C13H9ClF2N2OS. The summed E-state index contributed by atoms with van der Waals surface area (Å²) in [6.45, 7) is 0. The molecule has 20 heavy (non-hydrogen) atoms. The van der Waals surface area contributed by atoms with E-state index in [9.17, 15) is 13.6 Å². The van der Waals surface area contributed by atoms with Crippen LogP contribution in [0.25, 0.3) is 0 Å². The normalized spacial score (nSPS) is 10.6. The monoisotopic (exact) mass is 314 g/mol. The zero-order chi connectivity index (χ0) is 14.5. The highest BCUT2D eigenvalue weighted by atomic mass is 35.5. The Morgan fingerprint density at radius 1 is 1.25 bits per heavy atom. The molecule has 0 aliphatic heterocycles. The molecule has 1 heterocycles. The Bertz CT molecular complexity index is 608. The van der Waals surface area contributed by atoms with Crippen LogP contribution in [0.2, 0.25) is 5.15 Å². The van der Waals surface area contributed by atoms with E-state index in [0.717, 1.165) is 0 Å². The van der Waals surface area contributed by atoms with Crippen LogP contribution in [0.1, 0.15) is 10.4 Å². The molecule has 0 atom stereocenters. The minimum atomic E-state index is -2.55. The van der Waals surface area contributed by atoms with Gasteiger partial charge in [-0.15, -0.1) is 0 Å². The van der Waals surface area contributed by atoms with Crippen LogP contribution in [-0.4, -0.2) is 16.6 Å². The topological polar surface area (TPSA) is 42.0 Å². The molecule has 1 amide bonds. The van der Waals surface area contributed by atoms with Gasteiger partial charge < -0.3 is 5.32 Å². The van der Waals surface area contributed by atoms with E-state index in [1.165, 1.54) is 24.4 Å². The maximum Gasteiger partial charge on any atom is 0.288 e. The number of anilines is 1. The minimum Gasteiger partial charge on any atom is -0.321 e. The predicted molar refractivity (Wildman–Crippen MR) is 75.5 cm³/mol. The van der Waals surface area contributed by atoms with E-state index in [2.05, 4.69) is 10.3 Å². The molecule has 0 radical (unpaired) electrons. The molecule has 1 aromatic carbocycles. The number of carbonyl (C=O) groups excluding carboxylic acids is 1. The quantitative estimate of drug-likeness (QED) is 0.675. The van der Waals surface area contributed by atoms with E-state index >= 15 is 0 Å². The molecule has 0 saturated carbocycles. The summed E-state index contributed by atoms with van der Waals surface area (Å²) in [7, 11) is 0. The number of halogens is 3. The molecule has 0 saturated heterocycles. The minimum absolute atomic E-state index is 0.273. The first kappa shape index (κ1) is 14.7. The average molecular weight is 315 g/mol. The molecule has 1 aromatic heterocycles. The average Bonchev–Trinajstić information content (AvgIpc) is 2.41. The maximum atomic E-state index is 12.4. The summed E-state index contributed by atoms with van der Waals surface area (Å²) in [6, 6.07) is 9.36. The molecule has 0 aliphatic carbocycles. The Kier molecular flexibility index (Phi) is 4.92. The van der Waals surface area contributed by atoms with Crippen LogP contribution in [0.3, 0.4) is 0 Å². The Labute approximate surface area is 123 Å². The van der Waals surface area contributed by atoms with Gasteiger partial charge in [0.1, 0.15) is 5.15 Å². The van der Waals surface area contributed by atoms with E-state index in [4.69, 9.17) is 11.6 Å². The molecule has 0 fully saturated rings. The smallest absolute Gasteiger partial charge is 0.288 e. The lowest BCUT2D eigenvalue weighted by molar-refractivity contribution is 0.102. The van der Waals surface area contributed by atoms with Gasteiger partial charge in [0.15, 0.2) is 0 Å². The number of hydrogen-bond donors (Lipinski definition) is 1. The number of nitrogens with one attached hydrogen (secondary N) is 1. The molecule has 7 heteroatoms. The Morgan fingerprint density at radius 2 is 2.00 bits per heavy atom. The van der Waals surface area contributed by atoms with Crippen LogP contribution < -0.4 is 5.32 Å². The number of pyridine rings is 1. The highest BCUT2D eigenvalue weighted by Gasteiger charge is 2.12. The summed E-state index contributed by atoms with van der Waals surface area (Å²) in [4.78, 5) is 16.1. The number of nitrogens with zero attached hydrogens (tertiary/aromatic N) is 1. The van der Waals surface area contributed by atoms with Gasteiger partial charge in [-0.2, -0.15) is 8.78 Å². The number of amides is 1. The second-order valence-electron chi connectivity index (χ2n) is 3.70. The van der Waals surface area contributed by atoms with Crippen molar-refractivity contribution in [2.45, 2.75) is 10.7 Å². The third-order valence-corrected chi connectivity index (χ3v) is 3.35. The molecule has 2 aromatic rings. The van der Waals surface area contributed by atoms with Crippen molar-refractivity contribution in [1.82, 2.24) is 4.98 Å². The lowest BCUT2D eigenvalue weighted by Crippen LogP contribution is -2.12. The standard InChI is InChI=1S/C13H9ClF2N2OS/c14-11-6-5-8(7-17-11)12(19)18-9-3-1-2-4-10(9)20-13(15)16/h1-7,13H,(H,18,19). The third-order valence-electron chi connectivity index (χ3n) is 2.34. The molecule has 0 unspecified atom stereocenters. The first-order valence-corrected chi connectivity index (χ1v) is 6.79. The fourth-order valence-electron chi connectivity index (χ4n) is 1.47. The van der Waals surface area contributed by atoms with Crippen LogP contribution in [0.4, 0.5) is 14.5 Å². The second-order valence-corrected chi connectivity index (χ2v) is 5.12. The summed E-state index contributed by atoms with van der Waals surface area (Å²) < 4.78 is 24.9. The third kappa shape index (κ3) is 3.91. The van der Waals surface area contributed by atoms with Crippen molar-refractivity contribution >= 4 is 35.0 Å². The largest absolute Gasteiger partial charge is 0.321 e. The first-order valence-electron chi connectivity index (χ1n) is 5.53. The van der Waals surface area contributed by atoms with Crippen LogP contribution in [-0.2, 0) is 0 Å². The highest BCUT2D eigenvalue weighted by molar-refractivity contribution is 7.99. The summed E-state index contributed by atoms with van der Waals surface area (Å²) in [5.41, 5.74) is 0.629. The van der Waals surface area contributed by atoms with E-state index in [1.54, 1.807) is 18.2 Å².